The van der Waals surface area contributed by atoms with Crippen LogP contribution >= 0.6 is 0 Å². The van der Waals surface area contributed by atoms with Gasteiger partial charge in [-0.1, -0.05) is 12.2 Å². The minimum absolute atomic E-state index is 0.0296. The Balaban J connectivity index is 3.06. The van der Waals surface area contributed by atoms with Crippen LogP contribution in [0.3, 0.4) is 0 Å². The van der Waals surface area contributed by atoms with E-state index in [1.165, 1.54) is 33.3 Å². The van der Waals surface area contributed by atoms with Gasteiger partial charge in [0, 0.05) is 18.6 Å². The second kappa shape index (κ2) is 7.60. The first kappa shape index (κ1) is 16.1. The van der Waals surface area contributed by atoms with Crippen molar-refractivity contribution in [1.82, 2.24) is 5.32 Å². The summed E-state index contributed by atoms with van der Waals surface area (Å²) in [6, 6.07) is 4.89. The summed E-state index contributed by atoms with van der Waals surface area (Å²) >= 11 is 0. The van der Waals surface area contributed by atoms with Gasteiger partial charge in [0.15, 0.2) is 11.5 Å². The van der Waals surface area contributed by atoms with E-state index in [1.807, 2.05) is 6.07 Å². The molecule has 0 saturated heterocycles. The maximum atomic E-state index is 10.9. The molecule has 0 fully saturated rings. The number of hydrogen-bond donors (Lipinski definition) is 2. The van der Waals surface area contributed by atoms with Gasteiger partial charge in [0.25, 0.3) is 0 Å². The molecule has 6 nitrogen and oxygen atoms in total. The van der Waals surface area contributed by atoms with Crippen molar-refractivity contribution in [1.29, 1.82) is 5.26 Å². The Morgan fingerprint density at radius 1 is 1.33 bits per heavy atom. The molecule has 1 amide bonds. The molecule has 1 aromatic rings. The number of hydrogen-bond acceptors (Lipinski definition) is 5. The molecule has 2 N–H and O–H groups in total. The topological polar surface area (TPSA) is 91.6 Å². The molecule has 21 heavy (non-hydrogen) atoms. The van der Waals surface area contributed by atoms with Crippen molar-refractivity contribution < 1.29 is 19.4 Å². The smallest absolute Gasteiger partial charge is 0.221 e. The van der Waals surface area contributed by atoms with Gasteiger partial charge in [0.1, 0.15) is 17.5 Å². The van der Waals surface area contributed by atoms with Crippen LogP contribution in [0.1, 0.15) is 12.5 Å². The van der Waals surface area contributed by atoms with E-state index in [4.69, 9.17) is 14.7 Å². The van der Waals surface area contributed by atoms with E-state index < -0.39 is 0 Å². The summed E-state index contributed by atoms with van der Waals surface area (Å²) in [6.45, 7) is 1.32. The lowest BCUT2D eigenvalue weighted by Gasteiger charge is -2.09. The van der Waals surface area contributed by atoms with Crippen molar-refractivity contribution in [3.63, 3.8) is 0 Å². The van der Waals surface area contributed by atoms with Crippen LogP contribution in [0, 0.1) is 11.3 Å². The third-order valence-corrected chi connectivity index (χ3v) is 2.50. The van der Waals surface area contributed by atoms with Crippen LogP contribution in [0.2, 0.25) is 0 Å². The summed E-state index contributed by atoms with van der Waals surface area (Å²) in [5.74, 6) is 0.413. The van der Waals surface area contributed by atoms with Gasteiger partial charge in [-0.15, -0.1) is 0 Å². The molecule has 0 aliphatic carbocycles. The van der Waals surface area contributed by atoms with Crippen molar-refractivity contribution in [2.75, 3.05) is 14.2 Å². The van der Waals surface area contributed by atoms with Gasteiger partial charge in [0.05, 0.1) is 14.2 Å². The highest BCUT2D eigenvalue weighted by Crippen LogP contribution is 2.34. The van der Waals surface area contributed by atoms with E-state index in [0.717, 1.165) is 0 Å². The lowest BCUT2D eigenvalue weighted by Crippen LogP contribution is -2.17. The normalized spacial score (nSPS) is 11.0. The number of methoxy groups -OCH3 is 2. The number of nitrogens with one attached hydrogen (secondary N) is 1. The van der Waals surface area contributed by atoms with Gasteiger partial charge in [0.2, 0.25) is 5.91 Å². The number of amides is 1. The van der Waals surface area contributed by atoms with Crippen molar-refractivity contribution >= 4 is 12.0 Å². The van der Waals surface area contributed by atoms with E-state index in [9.17, 15) is 9.90 Å². The molecular weight excluding hydrogens is 272 g/mol. The Hall–Kier alpha value is -2.94. The van der Waals surface area contributed by atoms with Gasteiger partial charge < -0.3 is 19.9 Å². The SMILES string of the molecule is COc1cc(/C=C/C=C(\C#N)NC(C)=O)c(OC)cc1O. The van der Waals surface area contributed by atoms with Gasteiger partial charge >= 0.3 is 0 Å². The Morgan fingerprint density at radius 3 is 2.52 bits per heavy atom. The number of aromatic hydroxyl groups is 1. The fraction of sp³-hybridized carbons (Fsp3) is 0.200. The molecule has 0 aromatic heterocycles. The molecular formula is C15H16N2O4. The Labute approximate surface area is 122 Å². The Bertz CT molecular complexity index is 627. The summed E-state index contributed by atoms with van der Waals surface area (Å²) in [5.41, 5.74) is 0.784. The number of phenols is 1. The van der Waals surface area contributed by atoms with E-state index in [1.54, 1.807) is 18.2 Å². The molecule has 0 aliphatic rings. The maximum Gasteiger partial charge on any atom is 0.221 e. The zero-order chi connectivity index (χ0) is 15.8. The fourth-order valence-electron chi connectivity index (χ4n) is 1.58. The summed E-state index contributed by atoms with van der Waals surface area (Å²) in [6.07, 6.45) is 4.71. The first-order chi connectivity index (χ1) is 10.0. The average molecular weight is 288 g/mol. The number of nitrogens with zero attached hydrogens (tertiary/aromatic N) is 1. The summed E-state index contributed by atoms with van der Waals surface area (Å²) in [7, 11) is 2.92. The highest BCUT2D eigenvalue weighted by Gasteiger charge is 2.08. The second-order valence-corrected chi connectivity index (χ2v) is 4.00. The number of carbonyl (C=O) groups excluding carboxylic acids is 1. The molecule has 0 unspecified atom stereocenters. The van der Waals surface area contributed by atoms with Crippen molar-refractivity contribution in [2.24, 2.45) is 0 Å². The monoisotopic (exact) mass is 288 g/mol. The first-order valence-electron chi connectivity index (χ1n) is 6.02. The van der Waals surface area contributed by atoms with Crippen LogP contribution in [-0.2, 0) is 4.79 Å². The summed E-state index contributed by atoms with van der Waals surface area (Å²) in [4.78, 5) is 10.9. The number of carbonyl (C=O) groups is 1. The summed E-state index contributed by atoms with van der Waals surface area (Å²) in [5, 5.41) is 20.9. The molecule has 1 aromatic carbocycles. The van der Waals surface area contributed by atoms with Crippen LogP contribution in [-0.4, -0.2) is 25.2 Å². The largest absolute Gasteiger partial charge is 0.504 e. The lowest BCUT2D eigenvalue weighted by atomic mass is 10.1. The van der Waals surface area contributed by atoms with Gasteiger partial charge in [-0.2, -0.15) is 5.26 Å². The molecule has 0 aliphatic heterocycles. The number of allylic oxidation sites excluding steroid dienone is 3. The summed E-state index contributed by atoms with van der Waals surface area (Å²) < 4.78 is 10.2. The molecule has 0 spiro atoms. The standard InChI is InChI=1S/C15H16N2O4/c1-10(18)17-12(9-16)6-4-5-11-7-15(21-3)13(19)8-14(11)20-2/h4-8,19H,1-3H3,(H,17,18)/b5-4+,12-6+. The quantitative estimate of drug-likeness (QED) is 0.638. The van der Waals surface area contributed by atoms with Crippen LogP contribution in [0.15, 0.2) is 30.0 Å². The van der Waals surface area contributed by atoms with Gasteiger partial charge in [-0.25, -0.2) is 0 Å². The van der Waals surface area contributed by atoms with Crippen LogP contribution in [0.4, 0.5) is 0 Å². The van der Waals surface area contributed by atoms with Gasteiger partial charge in [-0.3, -0.25) is 4.79 Å². The third kappa shape index (κ3) is 4.58. The van der Waals surface area contributed by atoms with Crippen molar-refractivity contribution in [2.45, 2.75) is 6.92 Å². The zero-order valence-corrected chi connectivity index (χ0v) is 12.0. The van der Waals surface area contributed by atoms with E-state index in [-0.39, 0.29) is 17.4 Å². The highest BCUT2D eigenvalue weighted by molar-refractivity contribution is 5.76. The van der Waals surface area contributed by atoms with Crippen molar-refractivity contribution in [3.05, 3.63) is 35.5 Å². The second-order valence-electron chi connectivity index (χ2n) is 4.00. The lowest BCUT2D eigenvalue weighted by molar-refractivity contribution is -0.118. The molecule has 0 bridgehead atoms. The number of phenolic OH excluding ortho intramolecular Hbond substituents is 1. The minimum Gasteiger partial charge on any atom is -0.504 e. The third-order valence-electron chi connectivity index (χ3n) is 2.50. The predicted molar refractivity (Wildman–Crippen MR) is 77.8 cm³/mol. The maximum absolute atomic E-state index is 10.9. The predicted octanol–water partition coefficient (Wildman–Crippen LogP) is 1.97. The highest BCUT2D eigenvalue weighted by atomic mass is 16.5. The molecule has 0 saturated carbocycles. The van der Waals surface area contributed by atoms with E-state index in [0.29, 0.717) is 17.1 Å². The Morgan fingerprint density at radius 2 is 2.00 bits per heavy atom. The molecule has 0 heterocycles. The van der Waals surface area contributed by atoms with Gasteiger partial charge in [-0.05, 0) is 12.1 Å². The van der Waals surface area contributed by atoms with Crippen LogP contribution in [0.25, 0.3) is 6.08 Å². The fourth-order valence-corrected chi connectivity index (χ4v) is 1.58. The van der Waals surface area contributed by atoms with Crippen LogP contribution < -0.4 is 14.8 Å². The first-order valence-corrected chi connectivity index (χ1v) is 6.02. The number of ether oxygens (including phenoxy) is 2. The molecule has 110 valence electrons. The molecule has 0 radical (unpaired) electrons. The van der Waals surface area contributed by atoms with E-state index >= 15 is 0 Å². The Kier molecular flexibility index (Phi) is 5.83. The zero-order valence-electron chi connectivity index (χ0n) is 12.0. The molecule has 1 rings (SSSR count). The average Bonchev–Trinajstić information content (AvgIpc) is 2.46. The molecule has 0 atom stereocenters. The molecule has 6 heteroatoms. The van der Waals surface area contributed by atoms with Crippen LogP contribution in [0.5, 0.6) is 17.2 Å². The number of benzene rings is 1. The van der Waals surface area contributed by atoms with E-state index in [2.05, 4.69) is 5.32 Å². The number of rotatable bonds is 5. The minimum atomic E-state index is -0.319. The van der Waals surface area contributed by atoms with Crippen molar-refractivity contribution in [3.8, 4) is 23.3 Å². The number of nitriles is 1.